The summed E-state index contributed by atoms with van der Waals surface area (Å²) in [6.07, 6.45) is 4.37. The van der Waals surface area contributed by atoms with E-state index in [2.05, 4.69) is 130 Å². The first kappa shape index (κ1) is 28.6. The molecule has 2 nitrogen and oxygen atoms in total. The molecule has 0 aliphatic rings. The topological polar surface area (TPSA) is 18.5 Å². The van der Waals surface area contributed by atoms with Crippen LogP contribution < -0.4 is 0 Å². The summed E-state index contributed by atoms with van der Waals surface area (Å²) in [4.78, 5) is 13.0. The van der Waals surface area contributed by atoms with Crippen LogP contribution in [0.4, 0.5) is 0 Å². The third kappa shape index (κ3) is 6.52. The number of hydrogen-bond acceptors (Lipinski definition) is 2. The summed E-state index contributed by atoms with van der Waals surface area (Å²) in [7, 11) is 0. The zero-order valence-electron chi connectivity index (χ0n) is 23.6. The summed E-state index contributed by atoms with van der Waals surface area (Å²) in [6.45, 7) is 22.7. The highest BCUT2D eigenvalue weighted by atomic mass is 17.2. The molecule has 2 rings (SSSR count). The van der Waals surface area contributed by atoms with Gasteiger partial charge in [-0.3, -0.25) is 0 Å². The lowest BCUT2D eigenvalue weighted by molar-refractivity contribution is -0.423. The minimum Gasteiger partial charge on any atom is -0.230 e. The van der Waals surface area contributed by atoms with Gasteiger partial charge in [-0.2, -0.15) is 0 Å². The molecule has 0 N–H and O–H groups in total. The number of benzene rings is 2. The maximum atomic E-state index is 6.48. The molecule has 2 unspecified atom stereocenters. The fourth-order valence-electron chi connectivity index (χ4n) is 6.20. The van der Waals surface area contributed by atoms with E-state index in [1.54, 1.807) is 0 Å². The van der Waals surface area contributed by atoms with Crippen LogP contribution in [-0.4, -0.2) is 11.2 Å². The summed E-state index contributed by atoms with van der Waals surface area (Å²) in [5.74, 6) is 0.602. The van der Waals surface area contributed by atoms with Gasteiger partial charge in [0.1, 0.15) is 11.2 Å². The van der Waals surface area contributed by atoms with Gasteiger partial charge in [-0.05, 0) is 74.3 Å². The Bertz CT molecular complexity index is 776. The fraction of sp³-hybridized carbons (Fsp3) is 0.625. The van der Waals surface area contributed by atoms with Gasteiger partial charge in [0.2, 0.25) is 0 Å². The molecule has 2 aromatic rings. The van der Waals surface area contributed by atoms with Crippen LogP contribution in [0.15, 0.2) is 60.7 Å². The summed E-state index contributed by atoms with van der Waals surface area (Å²) >= 11 is 0. The lowest BCUT2D eigenvalue weighted by Crippen LogP contribution is -2.50. The lowest BCUT2D eigenvalue weighted by Gasteiger charge is -2.48. The molecule has 0 aliphatic heterocycles. The molecule has 2 atom stereocenters. The average Bonchev–Trinajstić information content (AvgIpc) is 2.80. The standard InChI is InChI=1S/C32H50O2/c1-11-19-27(29(3,4)25-21-15-13-16-22-25)31(7,8)33-34-32(9,10)28(20-12-2)30(5,6)26-23-17-14-18-24-26/h13-18,21-24,27-28H,11-12,19-20H2,1-10H3. The van der Waals surface area contributed by atoms with Gasteiger partial charge in [0, 0.05) is 0 Å². The fourth-order valence-corrected chi connectivity index (χ4v) is 6.20. The maximum absolute atomic E-state index is 6.48. The van der Waals surface area contributed by atoms with E-state index >= 15 is 0 Å². The lowest BCUT2D eigenvalue weighted by atomic mass is 9.65. The quantitative estimate of drug-likeness (QED) is 0.216. The minimum absolute atomic E-state index is 0.0413. The Morgan fingerprint density at radius 2 is 0.824 bits per heavy atom. The second-order valence-corrected chi connectivity index (χ2v) is 12.2. The van der Waals surface area contributed by atoms with E-state index in [1.807, 2.05) is 0 Å². The predicted octanol–water partition coefficient (Wildman–Crippen LogP) is 9.28. The van der Waals surface area contributed by atoms with E-state index in [4.69, 9.17) is 9.78 Å². The zero-order valence-corrected chi connectivity index (χ0v) is 23.6. The van der Waals surface area contributed by atoms with E-state index < -0.39 is 11.2 Å². The summed E-state index contributed by atoms with van der Waals surface area (Å²) in [5.41, 5.74) is 1.72. The molecule has 2 heteroatoms. The third-order valence-corrected chi connectivity index (χ3v) is 8.08. The molecule has 0 aromatic heterocycles. The molecular weight excluding hydrogens is 416 g/mol. The van der Waals surface area contributed by atoms with Crippen LogP contribution in [0, 0.1) is 11.8 Å². The minimum atomic E-state index is -0.444. The monoisotopic (exact) mass is 466 g/mol. The summed E-state index contributed by atoms with van der Waals surface area (Å²) < 4.78 is 0. The van der Waals surface area contributed by atoms with Crippen LogP contribution in [0.3, 0.4) is 0 Å². The third-order valence-electron chi connectivity index (χ3n) is 8.08. The highest BCUT2D eigenvalue weighted by Crippen LogP contribution is 2.46. The second-order valence-electron chi connectivity index (χ2n) is 12.2. The molecule has 0 spiro atoms. The first-order valence-electron chi connectivity index (χ1n) is 13.3. The normalized spacial score (nSPS) is 15.2. The van der Waals surface area contributed by atoms with Gasteiger partial charge in [-0.1, -0.05) is 115 Å². The molecule has 34 heavy (non-hydrogen) atoms. The first-order chi connectivity index (χ1) is 15.8. The Labute approximate surface area is 210 Å². The van der Waals surface area contributed by atoms with Crippen molar-refractivity contribution in [3.05, 3.63) is 71.8 Å². The molecule has 0 amide bonds. The van der Waals surface area contributed by atoms with Crippen molar-refractivity contribution >= 4 is 0 Å². The molecule has 0 saturated carbocycles. The van der Waals surface area contributed by atoms with Crippen LogP contribution in [-0.2, 0) is 20.6 Å². The second kappa shape index (κ2) is 11.4. The van der Waals surface area contributed by atoms with E-state index in [0.717, 1.165) is 25.7 Å². The van der Waals surface area contributed by atoms with Crippen LogP contribution in [0.2, 0.25) is 0 Å². The Morgan fingerprint density at radius 3 is 1.09 bits per heavy atom. The summed E-state index contributed by atoms with van der Waals surface area (Å²) in [6, 6.07) is 21.7. The largest absolute Gasteiger partial charge is 0.230 e. The van der Waals surface area contributed by atoms with Crippen LogP contribution >= 0.6 is 0 Å². The molecule has 0 fully saturated rings. The van der Waals surface area contributed by atoms with E-state index in [-0.39, 0.29) is 10.8 Å². The molecule has 0 radical (unpaired) electrons. The average molecular weight is 467 g/mol. The van der Waals surface area contributed by atoms with Crippen LogP contribution in [0.1, 0.15) is 106 Å². The van der Waals surface area contributed by atoms with Gasteiger partial charge in [0.25, 0.3) is 0 Å². The zero-order chi connectivity index (χ0) is 25.6. The predicted molar refractivity (Wildman–Crippen MR) is 146 cm³/mol. The first-order valence-corrected chi connectivity index (χ1v) is 13.3. The van der Waals surface area contributed by atoms with Crippen molar-refractivity contribution in [2.45, 2.75) is 117 Å². The maximum Gasteiger partial charge on any atom is 0.102 e. The van der Waals surface area contributed by atoms with Crippen molar-refractivity contribution in [2.24, 2.45) is 11.8 Å². The van der Waals surface area contributed by atoms with Gasteiger partial charge >= 0.3 is 0 Å². The van der Waals surface area contributed by atoms with Crippen LogP contribution in [0.5, 0.6) is 0 Å². The van der Waals surface area contributed by atoms with E-state index in [9.17, 15) is 0 Å². The molecule has 2 aromatic carbocycles. The molecule has 0 bridgehead atoms. The van der Waals surface area contributed by atoms with Gasteiger partial charge < -0.3 is 0 Å². The number of hydrogen-bond donors (Lipinski definition) is 0. The van der Waals surface area contributed by atoms with Crippen LogP contribution in [0.25, 0.3) is 0 Å². The molecule has 0 saturated heterocycles. The van der Waals surface area contributed by atoms with Gasteiger partial charge in [-0.25, -0.2) is 9.78 Å². The SMILES string of the molecule is CCCC(C(C)(C)OOC(C)(C)C(CCC)C(C)(C)c1ccccc1)C(C)(C)c1ccccc1. The Balaban J connectivity index is 2.30. The van der Waals surface area contributed by atoms with Crippen molar-refractivity contribution in [2.75, 3.05) is 0 Å². The Morgan fingerprint density at radius 1 is 0.529 bits per heavy atom. The molecular formula is C32H50O2. The Hall–Kier alpha value is -1.64. The smallest absolute Gasteiger partial charge is 0.102 e. The molecule has 190 valence electrons. The molecule has 0 heterocycles. The van der Waals surface area contributed by atoms with Gasteiger partial charge in [0.05, 0.1) is 0 Å². The van der Waals surface area contributed by atoms with E-state index in [0.29, 0.717) is 11.8 Å². The molecule has 0 aliphatic carbocycles. The van der Waals surface area contributed by atoms with Gasteiger partial charge in [-0.15, -0.1) is 0 Å². The van der Waals surface area contributed by atoms with Crippen molar-refractivity contribution in [1.29, 1.82) is 0 Å². The number of rotatable bonds is 13. The van der Waals surface area contributed by atoms with Crippen molar-refractivity contribution in [3.63, 3.8) is 0 Å². The highest BCUT2D eigenvalue weighted by Gasteiger charge is 2.47. The highest BCUT2D eigenvalue weighted by molar-refractivity contribution is 5.26. The van der Waals surface area contributed by atoms with Crippen molar-refractivity contribution in [3.8, 4) is 0 Å². The van der Waals surface area contributed by atoms with Gasteiger partial charge in [0.15, 0.2) is 0 Å². The summed E-state index contributed by atoms with van der Waals surface area (Å²) in [5, 5.41) is 0. The van der Waals surface area contributed by atoms with E-state index in [1.165, 1.54) is 11.1 Å². The Kier molecular flexibility index (Phi) is 9.59. The van der Waals surface area contributed by atoms with Crippen molar-refractivity contribution in [1.82, 2.24) is 0 Å². The van der Waals surface area contributed by atoms with Crippen molar-refractivity contribution < 1.29 is 9.78 Å².